The van der Waals surface area contributed by atoms with Crippen LogP contribution in [0.4, 0.5) is 11.4 Å². The van der Waals surface area contributed by atoms with E-state index in [0.717, 1.165) is 44.0 Å². The van der Waals surface area contributed by atoms with Gasteiger partial charge in [-0.15, -0.1) is 0 Å². The van der Waals surface area contributed by atoms with Gasteiger partial charge in [0.05, 0.1) is 30.5 Å². The zero-order chi connectivity index (χ0) is 31.4. The summed E-state index contributed by atoms with van der Waals surface area (Å²) < 4.78 is 16.3. The Morgan fingerprint density at radius 1 is 1.07 bits per heavy atom. The maximum atomic E-state index is 13.2. The topological polar surface area (TPSA) is 110 Å². The Labute approximate surface area is 265 Å². The highest BCUT2D eigenvalue weighted by atomic mass is 35.5. The molecule has 0 unspecified atom stereocenters. The van der Waals surface area contributed by atoms with Gasteiger partial charge in [-0.3, -0.25) is 14.6 Å². The van der Waals surface area contributed by atoms with Gasteiger partial charge in [-0.25, -0.2) is 4.98 Å². The third-order valence-electron chi connectivity index (χ3n) is 7.67. The number of piperazine rings is 1. The average Bonchev–Trinajstić information content (AvgIpc) is 3.47. The first-order chi connectivity index (χ1) is 21.2. The van der Waals surface area contributed by atoms with Crippen LogP contribution in [-0.4, -0.2) is 73.5 Å². The summed E-state index contributed by atoms with van der Waals surface area (Å²) in [5.41, 5.74) is 4.47. The molecule has 4 aromatic rings. The number of halogens is 2. The second-order valence-electron chi connectivity index (χ2n) is 10.3. The average molecular weight is 639 g/mol. The Kier molecular flexibility index (Phi) is 9.73. The molecule has 5 rings (SSSR count). The maximum Gasteiger partial charge on any atom is 0.264 e. The molecule has 2 aromatic carbocycles. The first-order valence-corrected chi connectivity index (χ1v) is 14.9. The van der Waals surface area contributed by atoms with E-state index in [9.17, 15) is 9.59 Å². The molecule has 3 heterocycles. The van der Waals surface area contributed by atoms with Crippen LogP contribution < -0.4 is 19.7 Å². The molecular weight excluding hydrogens is 605 g/mol. The molecule has 12 heteroatoms. The summed E-state index contributed by atoms with van der Waals surface area (Å²) in [6.45, 7) is 10.6. The molecule has 1 N–H and O–H groups in total. The second-order valence-corrected chi connectivity index (χ2v) is 11.0. The van der Waals surface area contributed by atoms with Gasteiger partial charge < -0.3 is 29.0 Å². The molecule has 10 nitrogen and oxygen atoms in total. The van der Waals surface area contributed by atoms with Crippen molar-refractivity contribution in [3.8, 4) is 11.5 Å². The molecule has 2 aromatic heterocycles. The lowest BCUT2D eigenvalue weighted by Gasteiger charge is -2.35. The number of fused-ring (bicyclic) bond motifs is 1. The fourth-order valence-electron chi connectivity index (χ4n) is 5.15. The lowest BCUT2D eigenvalue weighted by molar-refractivity contribution is -0.111. The van der Waals surface area contributed by atoms with E-state index in [2.05, 4.69) is 44.7 Å². The van der Waals surface area contributed by atoms with Crippen molar-refractivity contribution in [2.45, 2.75) is 19.8 Å². The Morgan fingerprint density at radius 3 is 2.41 bits per heavy atom. The lowest BCUT2D eigenvalue weighted by Crippen LogP contribution is -2.46. The van der Waals surface area contributed by atoms with Gasteiger partial charge in [0.2, 0.25) is 11.7 Å². The zero-order valence-electron chi connectivity index (χ0n) is 24.8. The summed E-state index contributed by atoms with van der Waals surface area (Å²) in [6.07, 6.45) is 3.02. The zero-order valence-corrected chi connectivity index (χ0v) is 26.3. The molecule has 1 amide bonds. The highest BCUT2D eigenvalue weighted by Gasteiger charge is 2.23. The molecule has 0 saturated carbocycles. The molecule has 0 bridgehead atoms. The number of ketones is 1. The molecule has 0 atom stereocenters. The third kappa shape index (κ3) is 6.67. The van der Waals surface area contributed by atoms with Crippen LogP contribution in [0.1, 0.15) is 34.4 Å². The van der Waals surface area contributed by atoms with Crippen LogP contribution >= 0.6 is 23.2 Å². The van der Waals surface area contributed by atoms with Crippen molar-refractivity contribution in [1.29, 1.82) is 0 Å². The van der Waals surface area contributed by atoms with Crippen LogP contribution in [0.5, 0.6) is 11.5 Å². The molecule has 1 aliphatic heterocycles. The van der Waals surface area contributed by atoms with Crippen molar-refractivity contribution >= 4 is 57.4 Å². The smallest absolute Gasteiger partial charge is 0.264 e. The summed E-state index contributed by atoms with van der Waals surface area (Å²) in [6, 6.07) is 9.38. The first-order valence-electron chi connectivity index (χ1n) is 14.2. The van der Waals surface area contributed by atoms with Gasteiger partial charge in [-0.05, 0) is 36.4 Å². The van der Waals surface area contributed by atoms with Crippen LogP contribution in [0.3, 0.4) is 0 Å². The largest absolute Gasteiger partial charge is 0.495 e. The van der Waals surface area contributed by atoms with Crippen LogP contribution in [0.2, 0.25) is 10.0 Å². The van der Waals surface area contributed by atoms with Gasteiger partial charge in [-0.1, -0.05) is 42.8 Å². The number of rotatable bonds is 11. The van der Waals surface area contributed by atoms with E-state index in [4.69, 9.17) is 37.1 Å². The van der Waals surface area contributed by atoms with Crippen molar-refractivity contribution in [2.75, 3.05) is 57.2 Å². The lowest BCUT2D eigenvalue weighted by atomic mass is 10.0. The number of Topliss-reactive ketones (excluding diaryl/α,β-unsaturated/α-hetero) is 1. The van der Waals surface area contributed by atoms with Crippen molar-refractivity contribution in [1.82, 2.24) is 14.9 Å². The minimum absolute atomic E-state index is 0.0978. The quantitative estimate of drug-likeness (QED) is 0.160. The number of likely N-dealkylation sites (N-methyl/N-ethyl adjacent to an activating group) is 1. The predicted octanol–water partition coefficient (Wildman–Crippen LogP) is 5.83. The van der Waals surface area contributed by atoms with Gasteiger partial charge >= 0.3 is 0 Å². The molecule has 1 aliphatic rings. The molecule has 1 saturated heterocycles. The van der Waals surface area contributed by atoms with Crippen LogP contribution in [0, 0.1) is 0 Å². The minimum Gasteiger partial charge on any atom is -0.495 e. The normalized spacial score (nSPS) is 13.6. The Hall–Kier alpha value is -4.12. The number of amides is 1. The fourth-order valence-corrected chi connectivity index (χ4v) is 5.79. The summed E-state index contributed by atoms with van der Waals surface area (Å²) >= 11 is 12.9. The molecule has 0 radical (unpaired) electrons. The maximum absolute atomic E-state index is 13.2. The molecule has 1 fully saturated rings. The molecule has 44 heavy (non-hydrogen) atoms. The monoisotopic (exact) mass is 637 g/mol. The number of hydrogen-bond acceptors (Lipinski definition) is 9. The number of nitrogens with zero attached hydrogens (tertiary/aromatic N) is 4. The second kappa shape index (κ2) is 13.7. The van der Waals surface area contributed by atoms with E-state index in [1.807, 2.05) is 12.1 Å². The van der Waals surface area contributed by atoms with Crippen LogP contribution in [0.25, 0.3) is 11.1 Å². The number of hydrogen-bond donors (Lipinski definition) is 1. The number of benzene rings is 2. The number of ether oxygens (including phenoxy) is 2. The molecule has 0 aliphatic carbocycles. The van der Waals surface area contributed by atoms with E-state index in [1.165, 1.54) is 26.5 Å². The van der Waals surface area contributed by atoms with Crippen molar-refractivity contribution < 1.29 is 23.5 Å². The van der Waals surface area contributed by atoms with E-state index >= 15 is 0 Å². The number of oxazole rings is 1. The van der Waals surface area contributed by atoms with Crippen molar-refractivity contribution in [3.05, 3.63) is 81.9 Å². The van der Waals surface area contributed by atoms with E-state index in [-0.39, 0.29) is 28.3 Å². The number of aromatic nitrogens is 2. The Morgan fingerprint density at radius 2 is 1.77 bits per heavy atom. The van der Waals surface area contributed by atoms with Gasteiger partial charge in [0, 0.05) is 67.7 Å². The number of methoxy groups -OCH3 is 2. The highest BCUT2D eigenvalue weighted by Crippen LogP contribution is 2.41. The standard InChI is InChI=1S/C32H33Cl2N5O5/c1-5-29(41)36-23-15-21(39-11-9-38(6-2)10-12-39)8-7-19(23)13-20-14-24-28(18-35-20)44-32(37-24)25(40)16-22-30(33)26(42-3)17-27(43-4)31(22)34/h5,7-8,14-15,17-18H,1,6,9-13,16H2,2-4H3,(H,36,41). The number of nitrogens with one attached hydrogen (secondary N) is 1. The summed E-state index contributed by atoms with van der Waals surface area (Å²) in [7, 11) is 2.93. The molecule has 0 spiro atoms. The first kappa shape index (κ1) is 31.3. The van der Waals surface area contributed by atoms with E-state index in [1.54, 1.807) is 12.1 Å². The fraction of sp³-hybridized carbons (Fsp3) is 0.312. The van der Waals surface area contributed by atoms with E-state index < -0.39 is 5.78 Å². The third-order valence-corrected chi connectivity index (χ3v) is 8.49. The summed E-state index contributed by atoms with van der Waals surface area (Å²) in [5.74, 6) is -0.155. The van der Waals surface area contributed by atoms with Crippen molar-refractivity contribution in [2.24, 2.45) is 0 Å². The van der Waals surface area contributed by atoms with Gasteiger partial charge in [0.1, 0.15) is 17.0 Å². The molecular formula is C32H33Cl2N5O5. The number of pyridine rings is 1. The van der Waals surface area contributed by atoms with Gasteiger partial charge in [0.25, 0.3) is 5.89 Å². The SMILES string of the molecule is C=CC(=O)Nc1cc(N2CCN(CC)CC2)ccc1Cc1cc2nc(C(=O)Cc3c(Cl)c(OC)cc(OC)c3Cl)oc2cn1. The van der Waals surface area contributed by atoms with Crippen LogP contribution in [-0.2, 0) is 17.6 Å². The summed E-state index contributed by atoms with van der Waals surface area (Å²) in [5, 5.41) is 3.36. The van der Waals surface area contributed by atoms with Gasteiger partial charge in [0.15, 0.2) is 5.58 Å². The minimum atomic E-state index is -0.424. The number of carbonyl (C=O) groups is 2. The van der Waals surface area contributed by atoms with Crippen LogP contribution in [0.15, 0.2) is 53.6 Å². The molecule has 230 valence electrons. The Balaban J connectivity index is 1.38. The number of anilines is 2. The predicted molar refractivity (Wildman–Crippen MR) is 172 cm³/mol. The number of carbonyl (C=O) groups excluding carboxylic acids is 2. The van der Waals surface area contributed by atoms with E-state index in [0.29, 0.717) is 46.0 Å². The Bertz CT molecular complexity index is 1690. The highest BCUT2D eigenvalue weighted by molar-refractivity contribution is 6.38. The summed E-state index contributed by atoms with van der Waals surface area (Å²) in [4.78, 5) is 39.2. The van der Waals surface area contributed by atoms with Crippen molar-refractivity contribution in [3.63, 3.8) is 0 Å². The van der Waals surface area contributed by atoms with Gasteiger partial charge in [-0.2, -0.15) is 0 Å².